The van der Waals surface area contributed by atoms with Crippen LogP contribution < -0.4 is 4.74 Å². The molecule has 0 fully saturated rings. The molecule has 0 saturated heterocycles. The van der Waals surface area contributed by atoms with Crippen molar-refractivity contribution < 1.29 is 23.0 Å². The van der Waals surface area contributed by atoms with Crippen LogP contribution in [-0.4, -0.2) is 11.7 Å². The van der Waals surface area contributed by atoms with Gasteiger partial charge in [0.1, 0.15) is 11.5 Å². The van der Waals surface area contributed by atoms with E-state index in [2.05, 4.69) is 0 Å². The number of hydrogen-bond acceptors (Lipinski definition) is 2. The zero-order chi connectivity index (χ0) is 11.6. The molecule has 6 heteroatoms. The highest BCUT2D eigenvalue weighted by Gasteiger charge is 2.35. The van der Waals surface area contributed by atoms with Gasteiger partial charge in [0.2, 0.25) is 0 Å². The molecule has 0 atom stereocenters. The monoisotopic (exact) mass is 332 g/mol. The second kappa shape index (κ2) is 4.46. The van der Waals surface area contributed by atoms with E-state index >= 15 is 0 Å². The predicted octanol–water partition coefficient (Wildman–Crippen LogP) is 3.41. The van der Waals surface area contributed by atoms with Crippen molar-refractivity contribution in [3.05, 3.63) is 21.3 Å². The van der Waals surface area contributed by atoms with Gasteiger partial charge in [-0.3, -0.25) is 0 Å². The standard InChI is InChI=1S/C9H8F3IO2/c1-2-15-8-4-7(14)6(13)3-5(8)9(10,11)12/h3-4,14H,2H2,1H3. The van der Waals surface area contributed by atoms with E-state index in [0.29, 0.717) is 0 Å². The molecule has 0 radical (unpaired) electrons. The third-order valence-corrected chi connectivity index (χ3v) is 2.52. The third kappa shape index (κ3) is 2.90. The highest BCUT2D eigenvalue weighted by molar-refractivity contribution is 14.1. The van der Waals surface area contributed by atoms with Crippen molar-refractivity contribution >= 4 is 22.6 Å². The van der Waals surface area contributed by atoms with Gasteiger partial charge in [-0.15, -0.1) is 0 Å². The minimum atomic E-state index is -4.47. The van der Waals surface area contributed by atoms with E-state index in [1.165, 1.54) is 0 Å². The SMILES string of the molecule is CCOc1cc(O)c(I)cc1C(F)(F)F. The normalized spacial score (nSPS) is 11.5. The van der Waals surface area contributed by atoms with E-state index in [0.717, 1.165) is 12.1 Å². The molecule has 15 heavy (non-hydrogen) atoms. The summed E-state index contributed by atoms with van der Waals surface area (Å²) in [5.41, 5.74) is -0.869. The van der Waals surface area contributed by atoms with Crippen LogP contribution in [-0.2, 0) is 6.18 Å². The molecule has 1 rings (SSSR count). The Morgan fingerprint density at radius 3 is 2.47 bits per heavy atom. The maximum absolute atomic E-state index is 12.5. The average Bonchev–Trinajstić information content (AvgIpc) is 2.09. The van der Waals surface area contributed by atoms with Gasteiger partial charge in [0, 0.05) is 6.07 Å². The zero-order valence-corrected chi connectivity index (χ0v) is 9.89. The predicted molar refractivity (Wildman–Crippen MR) is 57.0 cm³/mol. The Hall–Kier alpha value is -0.660. The lowest BCUT2D eigenvalue weighted by atomic mass is 10.2. The molecule has 0 saturated carbocycles. The van der Waals surface area contributed by atoms with E-state index in [-0.39, 0.29) is 21.7 Å². The number of halogens is 4. The Kier molecular flexibility index (Phi) is 3.69. The molecule has 0 aliphatic carbocycles. The molecule has 0 spiro atoms. The van der Waals surface area contributed by atoms with E-state index in [1.807, 2.05) is 0 Å². The Morgan fingerprint density at radius 2 is 2.00 bits per heavy atom. The van der Waals surface area contributed by atoms with Crippen molar-refractivity contribution in [3.63, 3.8) is 0 Å². The zero-order valence-electron chi connectivity index (χ0n) is 7.73. The number of rotatable bonds is 2. The van der Waals surface area contributed by atoms with Crippen LogP contribution in [0.1, 0.15) is 12.5 Å². The van der Waals surface area contributed by atoms with Crippen molar-refractivity contribution in [3.8, 4) is 11.5 Å². The molecule has 0 aliphatic rings. The molecule has 0 aromatic heterocycles. The lowest BCUT2D eigenvalue weighted by Crippen LogP contribution is -2.09. The van der Waals surface area contributed by atoms with E-state index in [4.69, 9.17) is 4.74 Å². The maximum Gasteiger partial charge on any atom is 0.420 e. The smallest absolute Gasteiger partial charge is 0.420 e. The van der Waals surface area contributed by atoms with E-state index in [1.54, 1.807) is 29.5 Å². The Labute approximate surface area is 98.2 Å². The van der Waals surface area contributed by atoms with Gasteiger partial charge in [-0.25, -0.2) is 0 Å². The average molecular weight is 332 g/mol. The third-order valence-electron chi connectivity index (χ3n) is 1.65. The molecule has 1 aromatic carbocycles. The van der Waals surface area contributed by atoms with E-state index < -0.39 is 11.7 Å². The van der Waals surface area contributed by atoms with Crippen molar-refractivity contribution in [2.75, 3.05) is 6.61 Å². The van der Waals surface area contributed by atoms with Crippen LogP contribution in [0.3, 0.4) is 0 Å². The fourth-order valence-electron chi connectivity index (χ4n) is 1.04. The summed E-state index contributed by atoms with van der Waals surface area (Å²) in [6, 6.07) is 1.84. The number of ether oxygens (including phenoxy) is 1. The second-order valence-electron chi connectivity index (χ2n) is 2.73. The van der Waals surface area contributed by atoms with Crippen LogP contribution in [0.4, 0.5) is 13.2 Å². The fourth-order valence-corrected chi connectivity index (χ4v) is 1.51. The number of hydrogen-bond donors (Lipinski definition) is 1. The topological polar surface area (TPSA) is 29.5 Å². The maximum atomic E-state index is 12.5. The summed E-state index contributed by atoms with van der Waals surface area (Å²) in [5.74, 6) is -0.560. The molecule has 0 aliphatic heterocycles. The summed E-state index contributed by atoms with van der Waals surface area (Å²) >= 11 is 1.63. The number of benzene rings is 1. The van der Waals surface area contributed by atoms with Crippen molar-refractivity contribution in [2.45, 2.75) is 13.1 Å². The van der Waals surface area contributed by atoms with Crippen LogP contribution in [0, 0.1) is 3.57 Å². The number of aromatic hydroxyl groups is 1. The summed E-state index contributed by atoms with van der Waals surface area (Å²) in [4.78, 5) is 0. The first-order valence-corrected chi connectivity index (χ1v) is 5.16. The molecular weight excluding hydrogens is 324 g/mol. The molecule has 0 bridgehead atoms. The highest BCUT2D eigenvalue weighted by Crippen LogP contribution is 2.40. The molecule has 84 valence electrons. The summed E-state index contributed by atoms with van der Waals surface area (Å²) in [6.45, 7) is 1.69. The van der Waals surface area contributed by atoms with Crippen molar-refractivity contribution in [1.29, 1.82) is 0 Å². The minimum absolute atomic E-state index is 0.114. The lowest BCUT2D eigenvalue weighted by Gasteiger charge is -2.14. The largest absolute Gasteiger partial charge is 0.507 e. The van der Waals surface area contributed by atoms with Gasteiger partial charge < -0.3 is 9.84 Å². The van der Waals surface area contributed by atoms with Gasteiger partial charge in [-0.05, 0) is 35.6 Å². The van der Waals surface area contributed by atoms with Crippen molar-refractivity contribution in [1.82, 2.24) is 0 Å². The van der Waals surface area contributed by atoms with Gasteiger partial charge in [0.15, 0.2) is 0 Å². The fraction of sp³-hybridized carbons (Fsp3) is 0.333. The number of phenols is 1. The van der Waals surface area contributed by atoms with Crippen LogP contribution in [0.5, 0.6) is 11.5 Å². The van der Waals surface area contributed by atoms with E-state index in [9.17, 15) is 18.3 Å². The van der Waals surface area contributed by atoms with Gasteiger partial charge in [-0.2, -0.15) is 13.2 Å². The Bertz CT molecular complexity index is 363. The van der Waals surface area contributed by atoms with Crippen LogP contribution in [0.2, 0.25) is 0 Å². The molecule has 2 nitrogen and oxygen atoms in total. The van der Waals surface area contributed by atoms with Crippen molar-refractivity contribution in [2.24, 2.45) is 0 Å². The molecule has 0 amide bonds. The second-order valence-corrected chi connectivity index (χ2v) is 3.89. The summed E-state index contributed by atoms with van der Waals surface area (Å²) in [7, 11) is 0. The molecule has 0 heterocycles. The Morgan fingerprint density at radius 1 is 1.40 bits per heavy atom. The lowest BCUT2D eigenvalue weighted by molar-refractivity contribution is -0.139. The van der Waals surface area contributed by atoms with Gasteiger partial charge >= 0.3 is 6.18 Å². The molecule has 0 unspecified atom stereocenters. The quantitative estimate of drug-likeness (QED) is 0.841. The first-order valence-electron chi connectivity index (χ1n) is 4.08. The highest BCUT2D eigenvalue weighted by atomic mass is 127. The summed E-state index contributed by atoms with van der Waals surface area (Å²) in [6.07, 6.45) is -4.47. The molecule has 1 aromatic rings. The number of alkyl halides is 3. The van der Waals surface area contributed by atoms with Gasteiger partial charge in [0.05, 0.1) is 15.7 Å². The van der Waals surface area contributed by atoms with Gasteiger partial charge in [-0.1, -0.05) is 0 Å². The molecular formula is C9H8F3IO2. The minimum Gasteiger partial charge on any atom is -0.507 e. The van der Waals surface area contributed by atoms with Crippen LogP contribution in [0.25, 0.3) is 0 Å². The molecule has 1 N–H and O–H groups in total. The van der Waals surface area contributed by atoms with Gasteiger partial charge in [0.25, 0.3) is 0 Å². The Balaban J connectivity index is 3.28. The summed E-state index contributed by atoms with van der Waals surface area (Å²) in [5, 5.41) is 9.26. The number of phenolic OH excluding ortho intramolecular Hbond substituents is 1. The first-order chi connectivity index (χ1) is 6.86. The van der Waals surface area contributed by atoms with Crippen LogP contribution in [0.15, 0.2) is 12.1 Å². The first kappa shape index (κ1) is 12.4. The summed E-state index contributed by atoms with van der Waals surface area (Å²) < 4.78 is 42.5. The van der Waals surface area contributed by atoms with Crippen LogP contribution >= 0.6 is 22.6 Å².